The number of nitrogens with zero attached hydrogens (tertiary/aromatic N) is 1. The minimum atomic E-state index is -0.0911. The Bertz CT molecular complexity index is 790. The molecule has 1 N–H and O–H groups in total. The summed E-state index contributed by atoms with van der Waals surface area (Å²) in [5, 5.41) is 9.26. The summed E-state index contributed by atoms with van der Waals surface area (Å²) in [7, 11) is 0. The van der Waals surface area contributed by atoms with Crippen molar-refractivity contribution in [2.24, 2.45) is 0 Å². The second-order valence-electron chi connectivity index (χ2n) is 15.0. The van der Waals surface area contributed by atoms with Crippen molar-refractivity contribution in [3.05, 3.63) is 0 Å². The van der Waals surface area contributed by atoms with E-state index in [4.69, 9.17) is 9.47 Å². The van der Waals surface area contributed by atoms with Gasteiger partial charge >= 0.3 is 11.9 Å². The molecule has 0 heterocycles. The van der Waals surface area contributed by atoms with Crippen LogP contribution < -0.4 is 0 Å². The Morgan fingerprint density at radius 2 is 0.941 bits per heavy atom. The molecule has 0 rings (SSSR count). The first-order valence-corrected chi connectivity index (χ1v) is 22.2. The third-order valence-corrected chi connectivity index (χ3v) is 9.92. The van der Waals surface area contributed by atoms with Crippen molar-refractivity contribution >= 4 is 11.9 Å². The molecule has 0 amide bonds. The highest BCUT2D eigenvalue weighted by Gasteiger charge is 2.14. The Morgan fingerprint density at radius 3 is 1.47 bits per heavy atom. The fraction of sp³-hybridized carbons (Fsp3) is 0.911. The second kappa shape index (κ2) is 41.2. The van der Waals surface area contributed by atoms with Gasteiger partial charge in [-0.3, -0.25) is 9.59 Å². The van der Waals surface area contributed by atoms with E-state index in [1.807, 2.05) is 0 Å². The highest BCUT2D eigenvalue weighted by molar-refractivity contribution is 5.69. The molecule has 51 heavy (non-hydrogen) atoms. The fourth-order valence-electron chi connectivity index (χ4n) is 6.59. The van der Waals surface area contributed by atoms with Crippen LogP contribution in [0.4, 0.5) is 0 Å². The highest BCUT2D eigenvalue weighted by Crippen LogP contribution is 2.18. The summed E-state index contributed by atoms with van der Waals surface area (Å²) in [6, 6.07) is 0. The zero-order valence-electron chi connectivity index (χ0n) is 34.3. The number of carbonyl (C=O) groups excluding carboxylic acids is 2. The number of carbonyl (C=O) groups is 2. The monoisotopic (exact) mass is 720 g/mol. The molecule has 0 unspecified atom stereocenters. The largest absolute Gasteiger partial charge is 0.465 e. The molecule has 0 aliphatic carbocycles. The van der Waals surface area contributed by atoms with Crippen LogP contribution in [0.15, 0.2) is 0 Å². The van der Waals surface area contributed by atoms with E-state index < -0.39 is 0 Å². The van der Waals surface area contributed by atoms with Gasteiger partial charge in [0, 0.05) is 32.3 Å². The SMILES string of the molecule is CCCCC#CCCOC(=O)CCCCCCCN(CCCCO)CCCCCCCC(=O)OC(CCCCCCCC)CCCCCCCC. The number of aliphatic hydroxyl groups is 1. The maximum Gasteiger partial charge on any atom is 0.306 e. The van der Waals surface area contributed by atoms with Gasteiger partial charge in [0.1, 0.15) is 12.7 Å². The van der Waals surface area contributed by atoms with E-state index in [1.165, 1.54) is 109 Å². The molecule has 0 spiro atoms. The molecule has 0 aromatic carbocycles. The van der Waals surface area contributed by atoms with Crippen LogP contribution in [-0.4, -0.2) is 60.9 Å². The number of aliphatic hydroxyl groups excluding tert-OH is 1. The van der Waals surface area contributed by atoms with Gasteiger partial charge in [0.2, 0.25) is 0 Å². The van der Waals surface area contributed by atoms with Crippen molar-refractivity contribution in [2.45, 2.75) is 232 Å². The van der Waals surface area contributed by atoms with E-state index in [0.29, 0.717) is 25.9 Å². The van der Waals surface area contributed by atoms with Crippen molar-refractivity contribution in [1.29, 1.82) is 0 Å². The van der Waals surface area contributed by atoms with Gasteiger partial charge in [-0.25, -0.2) is 0 Å². The van der Waals surface area contributed by atoms with Crippen LogP contribution >= 0.6 is 0 Å². The Hall–Kier alpha value is -1.58. The van der Waals surface area contributed by atoms with E-state index in [-0.39, 0.29) is 24.6 Å². The van der Waals surface area contributed by atoms with E-state index >= 15 is 0 Å². The lowest BCUT2D eigenvalue weighted by atomic mass is 10.0. The van der Waals surface area contributed by atoms with Crippen LogP contribution in [0, 0.1) is 11.8 Å². The first-order chi connectivity index (χ1) is 25.1. The normalized spacial score (nSPS) is 11.3. The zero-order valence-corrected chi connectivity index (χ0v) is 34.3. The van der Waals surface area contributed by atoms with E-state index in [9.17, 15) is 14.7 Å². The van der Waals surface area contributed by atoms with Crippen LogP contribution in [0.5, 0.6) is 0 Å². The smallest absolute Gasteiger partial charge is 0.306 e. The first kappa shape index (κ1) is 49.4. The summed E-state index contributed by atoms with van der Waals surface area (Å²) in [5.74, 6) is 6.14. The number of rotatable bonds is 39. The lowest BCUT2D eigenvalue weighted by Gasteiger charge is -2.22. The van der Waals surface area contributed by atoms with Crippen LogP contribution in [0.2, 0.25) is 0 Å². The average Bonchev–Trinajstić information content (AvgIpc) is 3.12. The predicted octanol–water partition coefficient (Wildman–Crippen LogP) is 12.3. The maximum absolute atomic E-state index is 12.7. The number of esters is 2. The van der Waals surface area contributed by atoms with Gasteiger partial charge in [-0.15, -0.1) is 5.92 Å². The molecule has 0 saturated carbocycles. The lowest BCUT2D eigenvalue weighted by Crippen LogP contribution is -2.27. The first-order valence-electron chi connectivity index (χ1n) is 22.2. The third kappa shape index (κ3) is 38.0. The van der Waals surface area contributed by atoms with E-state index in [2.05, 4.69) is 37.5 Å². The van der Waals surface area contributed by atoms with E-state index in [1.54, 1.807) is 0 Å². The van der Waals surface area contributed by atoms with Crippen molar-refractivity contribution < 1.29 is 24.2 Å². The fourth-order valence-corrected chi connectivity index (χ4v) is 6.59. The third-order valence-electron chi connectivity index (χ3n) is 9.92. The molecular formula is C45H85NO5. The summed E-state index contributed by atoms with van der Waals surface area (Å²) in [4.78, 5) is 27.2. The lowest BCUT2D eigenvalue weighted by molar-refractivity contribution is -0.150. The zero-order chi connectivity index (χ0) is 37.3. The number of unbranched alkanes of at least 4 members (excludes halogenated alkanes) is 21. The molecule has 6 heteroatoms. The van der Waals surface area contributed by atoms with Crippen molar-refractivity contribution in [3.8, 4) is 11.8 Å². The average molecular weight is 720 g/mol. The summed E-state index contributed by atoms with van der Waals surface area (Å²) >= 11 is 0. The van der Waals surface area contributed by atoms with Crippen LogP contribution in [0.1, 0.15) is 226 Å². The van der Waals surface area contributed by atoms with Gasteiger partial charge < -0.3 is 19.5 Å². The summed E-state index contributed by atoms with van der Waals surface area (Å²) in [6.07, 6.45) is 35.5. The predicted molar refractivity (Wildman–Crippen MR) is 217 cm³/mol. The van der Waals surface area contributed by atoms with E-state index in [0.717, 1.165) is 96.7 Å². The standard InChI is InChI=1S/C45H85NO5/c1-4-7-10-13-18-25-34-43(35-26-19-14-11-8-5-2)51-45(49)37-28-21-17-23-30-39-46(40-31-32-41-47)38-29-22-16-20-27-36-44(48)50-42-33-24-15-12-9-6-3/h43,47H,4-14,16-23,25-42H2,1-3H3. The Morgan fingerprint density at radius 1 is 0.510 bits per heavy atom. The van der Waals surface area contributed by atoms with Crippen molar-refractivity contribution in [3.63, 3.8) is 0 Å². The van der Waals surface area contributed by atoms with Crippen molar-refractivity contribution in [2.75, 3.05) is 32.8 Å². The minimum absolute atomic E-state index is 0.0192. The molecule has 6 nitrogen and oxygen atoms in total. The van der Waals surface area contributed by atoms with Crippen LogP contribution in [0.3, 0.4) is 0 Å². The topological polar surface area (TPSA) is 76.1 Å². The van der Waals surface area contributed by atoms with Gasteiger partial charge in [-0.2, -0.15) is 0 Å². The molecule has 0 fully saturated rings. The van der Waals surface area contributed by atoms with Gasteiger partial charge in [-0.1, -0.05) is 136 Å². The Balaban J connectivity index is 4.14. The Kier molecular flexibility index (Phi) is 39.9. The molecule has 0 radical (unpaired) electrons. The summed E-state index contributed by atoms with van der Waals surface area (Å²) in [5.41, 5.74) is 0. The second-order valence-corrected chi connectivity index (χ2v) is 15.0. The number of hydrogen-bond donors (Lipinski definition) is 1. The van der Waals surface area contributed by atoms with Gasteiger partial charge in [0.05, 0.1) is 0 Å². The van der Waals surface area contributed by atoms with Gasteiger partial charge in [0.25, 0.3) is 0 Å². The highest BCUT2D eigenvalue weighted by atomic mass is 16.5. The van der Waals surface area contributed by atoms with Crippen molar-refractivity contribution in [1.82, 2.24) is 4.90 Å². The Labute approximate surface area is 317 Å². The van der Waals surface area contributed by atoms with Gasteiger partial charge in [-0.05, 0) is 90.3 Å². The summed E-state index contributed by atoms with van der Waals surface area (Å²) < 4.78 is 11.3. The molecule has 0 atom stereocenters. The maximum atomic E-state index is 12.7. The molecule has 0 saturated heterocycles. The molecule has 0 aliphatic rings. The number of ether oxygens (including phenoxy) is 2. The molecule has 300 valence electrons. The molecule has 0 aromatic heterocycles. The quantitative estimate of drug-likeness (QED) is 0.0387. The summed E-state index contributed by atoms with van der Waals surface area (Å²) in [6.45, 7) is 10.6. The molecule has 0 aromatic rings. The molecule has 0 bridgehead atoms. The number of hydrogen-bond acceptors (Lipinski definition) is 6. The molecule has 0 aliphatic heterocycles. The molecular weight excluding hydrogens is 634 g/mol. The van der Waals surface area contributed by atoms with Gasteiger partial charge in [0.15, 0.2) is 0 Å². The minimum Gasteiger partial charge on any atom is -0.465 e. The van der Waals surface area contributed by atoms with Crippen LogP contribution in [-0.2, 0) is 19.1 Å². The van der Waals surface area contributed by atoms with Crippen LogP contribution in [0.25, 0.3) is 0 Å².